The molecule has 2 aliphatic rings. The maximum absolute atomic E-state index is 12.9. The van der Waals surface area contributed by atoms with Crippen molar-refractivity contribution in [3.63, 3.8) is 0 Å². The molecular weight excluding hydrogens is 302 g/mol. The summed E-state index contributed by atoms with van der Waals surface area (Å²) in [5.74, 6) is -0.143. The molecule has 0 spiro atoms. The van der Waals surface area contributed by atoms with Crippen LogP contribution in [0.1, 0.15) is 78.1 Å². The summed E-state index contributed by atoms with van der Waals surface area (Å²) in [5, 5.41) is 11.2. The van der Waals surface area contributed by atoms with Crippen molar-refractivity contribution in [3.8, 4) is 0 Å². The Labute approximate surface area is 147 Å². The Morgan fingerprint density at radius 2 is 1.67 bits per heavy atom. The molecular formula is C20H37NO3. The Balaban J connectivity index is 1.99. The molecule has 2 fully saturated rings. The number of ether oxygens (including phenoxy) is 1. The quantitative estimate of drug-likeness (QED) is 0.684. The third-order valence-electron chi connectivity index (χ3n) is 6.22. The predicted molar refractivity (Wildman–Crippen MR) is 96.8 cm³/mol. The molecule has 0 bridgehead atoms. The fourth-order valence-electron chi connectivity index (χ4n) is 4.70. The second-order valence-electron chi connectivity index (χ2n) is 7.73. The molecule has 1 atom stereocenters. The van der Waals surface area contributed by atoms with Gasteiger partial charge in [0.2, 0.25) is 0 Å². The van der Waals surface area contributed by atoms with E-state index >= 15 is 0 Å². The highest BCUT2D eigenvalue weighted by Crippen LogP contribution is 2.43. The van der Waals surface area contributed by atoms with Crippen molar-refractivity contribution in [2.45, 2.75) is 83.7 Å². The highest BCUT2D eigenvalue weighted by atomic mass is 16.5. The van der Waals surface area contributed by atoms with Gasteiger partial charge >= 0.3 is 5.97 Å². The first-order valence-corrected chi connectivity index (χ1v) is 10.2. The molecule has 24 heavy (non-hydrogen) atoms. The van der Waals surface area contributed by atoms with E-state index in [0.29, 0.717) is 12.5 Å². The van der Waals surface area contributed by atoms with Crippen molar-refractivity contribution in [1.82, 2.24) is 4.90 Å². The third-order valence-corrected chi connectivity index (χ3v) is 6.22. The van der Waals surface area contributed by atoms with Gasteiger partial charge < -0.3 is 14.7 Å². The van der Waals surface area contributed by atoms with E-state index in [1.807, 2.05) is 0 Å². The summed E-state index contributed by atoms with van der Waals surface area (Å²) in [4.78, 5) is 15.2. The minimum absolute atomic E-state index is 0.140. The summed E-state index contributed by atoms with van der Waals surface area (Å²) in [6, 6.07) is 0. The van der Waals surface area contributed by atoms with Crippen LogP contribution in [-0.2, 0) is 9.53 Å². The molecule has 0 aromatic carbocycles. The van der Waals surface area contributed by atoms with E-state index in [9.17, 15) is 9.90 Å². The normalized spacial score (nSPS) is 23.2. The second kappa shape index (κ2) is 9.76. The SMILES string of the molecule is CCN(CC)CCOC(=O)C(C1CCCCC1)C1(O)CCCCC1. The molecule has 1 N–H and O–H groups in total. The summed E-state index contributed by atoms with van der Waals surface area (Å²) < 4.78 is 5.67. The lowest BCUT2D eigenvalue weighted by Crippen LogP contribution is -2.49. The number of hydrogen-bond donors (Lipinski definition) is 1. The number of carbonyl (C=O) groups excluding carboxylic acids is 1. The summed E-state index contributed by atoms with van der Waals surface area (Å²) >= 11 is 0. The van der Waals surface area contributed by atoms with Gasteiger partial charge in [-0.05, 0) is 44.7 Å². The Bertz CT molecular complexity index is 369. The largest absolute Gasteiger partial charge is 0.464 e. The van der Waals surface area contributed by atoms with Crippen molar-refractivity contribution < 1.29 is 14.6 Å². The average molecular weight is 340 g/mol. The van der Waals surface area contributed by atoms with E-state index in [4.69, 9.17) is 4.74 Å². The number of likely N-dealkylation sites (N-methyl/N-ethyl adjacent to an activating group) is 1. The Kier molecular flexibility index (Phi) is 8.02. The molecule has 4 nitrogen and oxygen atoms in total. The second-order valence-corrected chi connectivity index (χ2v) is 7.73. The Hall–Kier alpha value is -0.610. The lowest BCUT2D eigenvalue weighted by atomic mass is 9.67. The van der Waals surface area contributed by atoms with Gasteiger partial charge in [0.25, 0.3) is 0 Å². The van der Waals surface area contributed by atoms with Crippen molar-refractivity contribution in [2.75, 3.05) is 26.2 Å². The van der Waals surface area contributed by atoms with Crippen molar-refractivity contribution >= 4 is 5.97 Å². The molecule has 0 aromatic heterocycles. The molecule has 1 unspecified atom stereocenters. The number of hydrogen-bond acceptors (Lipinski definition) is 4. The minimum atomic E-state index is -0.827. The maximum atomic E-state index is 12.9. The van der Waals surface area contributed by atoms with Gasteiger partial charge in [0, 0.05) is 6.54 Å². The molecule has 0 aliphatic heterocycles. The van der Waals surface area contributed by atoms with Crippen LogP contribution < -0.4 is 0 Å². The number of carbonyl (C=O) groups is 1. The first kappa shape index (κ1) is 19.7. The van der Waals surface area contributed by atoms with Crippen LogP contribution in [-0.4, -0.2) is 47.8 Å². The van der Waals surface area contributed by atoms with Gasteiger partial charge in [-0.25, -0.2) is 0 Å². The monoisotopic (exact) mass is 339 g/mol. The number of nitrogens with zero attached hydrogens (tertiary/aromatic N) is 1. The van der Waals surface area contributed by atoms with E-state index in [-0.39, 0.29) is 11.9 Å². The number of esters is 1. The van der Waals surface area contributed by atoms with Gasteiger partial charge in [0.05, 0.1) is 11.5 Å². The standard InChI is InChI=1S/C20H37NO3/c1-3-21(4-2)15-16-24-19(22)18(17-11-7-5-8-12-17)20(23)13-9-6-10-14-20/h17-18,23H,3-16H2,1-2H3. The van der Waals surface area contributed by atoms with E-state index in [1.54, 1.807) is 0 Å². The summed E-state index contributed by atoms with van der Waals surface area (Å²) in [5.41, 5.74) is -0.827. The molecule has 0 radical (unpaired) electrons. The van der Waals surface area contributed by atoms with Gasteiger partial charge in [-0.3, -0.25) is 4.79 Å². The third kappa shape index (κ3) is 5.19. The van der Waals surface area contributed by atoms with E-state index < -0.39 is 5.60 Å². The van der Waals surface area contributed by atoms with Crippen LogP contribution in [0.2, 0.25) is 0 Å². The van der Waals surface area contributed by atoms with Crippen LogP contribution >= 0.6 is 0 Å². The lowest BCUT2D eigenvalue weighted by molar-refractivity contribution is -0.168. The highest BCUT2D eigenvalue weighted by Gasteiger charge is 2.47. The minimum Gasteiger partial charge on any atom is -0.464 e. The van der Waals surface area contributed by atoms with Crippen LogP contribution in [0.25, 0.3) is 0 Å². The molecule has 0 heterocycles. The van der Waals surface area contributed by atoms with Crippen LogP contribution in [0.5, 0.6) is 0 Å². The molecule has 0 aromatic rings. The van der Waals surface area contributed by atoms with Gasteiger partial charge in [0.1, 0.15) is 6.61 Å². The maximum Gasteiger partial charge on any atom is 0.312 e. The van der Waals surface area contributed by atoms with Crippen LogP contribution in [0.3, 0.4) is 0 Å². The van der Waals surface area contributed by atoms with E-state index in [0.717, 1.165) is 58.2 Å². The molecule has 2 saturated carbocycles. The molecule has 0 saturated heterocycles. The van der Waals surface area contributed by atoms with E-state index in [2.05, 4.69) is 18.7 Å². The number of aliphatic hydroxyl groups is 1. The first-order valence-electron chi connectivity index (χ1n) is 10.2. The van der Waals surface area contributed by atoms with Crippen LogP contribution in [0.4, 0.5) is 0 Å². The predicted octanol–water partition coefficient (Wildman–Crippen LogP) is 3.76. The molecule has 4 heteroatoms. The van der Waals surface area contributed by atoms with Gasteiger partial charge in [0.15, 0.2) is 0 Å². The van der Waals surface area contributed by atoms with Gasteiger partial charge in [-0.2, -0.15) is 0 Å². The lowest BCUT2D eigenvalue weighted by Gasteiger charge is -2.42. The summed E-state index contributed by atoms with van der Waals surface area (Å²) in [6.07, 6.45) is 10.5. The average Bonchev–Trinajstić information content (AvgIpc) is 2.60. The molecule has 2 aliphatic carbocycles. The smallest absolute Gasteiger partial charge is 0.312 e. The van der Waals surface area contributed by atoms with Crippen molar-refractivity contribution in [1.29, 1.82) is 0 Å². The van der Waals surface area contributed by atoms with Gasteiger partial charge in [-0.15, -0.1) is 0 Å². The zero-order chi connectivity index (χ0) is 17.4. The van der Waals surface area contributed by atoms with E-state index in [1.165, 1.54) is 25.7 Å². The fourth-order valence-corrected chi connectivity index (χ4v) is 4.70. The Morgan fingerprint density at radius 3 is 2.25 bits per heavy atom. The summed E-state index contributed by atoms with van der Waals surface area (Å²) in [7, 11) is 0. The fraction of sp³-hybridized carbons (Fsp3) is 0.950. The van der Waals surface area contributed by atoms with Crippen LogP contribution in [0, 0.1) is 11.8 Å². The first-order chi connectivity index (χ1) is 11.6. The van der Waals surface area contributed by atoms with Crippen molar-refractivity contribution in [2.24, 2.45) is 11.8 Å². The zero-order valence-corrected chi connectivity index (χ0v) is 15.8. The molecule has 0 amide bonds. The topological polar surface area (TPSA) is 49.8 Å². The van der Waals surface area contributed by atoms with Crippen molar-refractivity contribution in [3.05, 3.63) is 0 Å². The zero-order valence-electron chi connectivity index (χ0n) is 15.8. The molecule has 140 valence electrons. The summed E-state index contributed by atoms with van der Waals surface area (Å²) in [6.45, 7) is 7.43. The number of rotatable bonds is 8. The highest BCUT2D eigenvalue weighted by molar-refractivity contribution is 5.74. The molecule has 2 rings (SSSR count). The van der Waals surface area contributed by atoms with Crippen LogP contribution in [0.15, 0.2) is 0 Å². The Morgan fingerprint density at radius 1 is 1.08 bits per heavy atom. The van der Waals surface area contributed by atoms with Gasteiger partial charge in [-0.1, -0.05) is 52.4 Å².